The van der Waals surface area contributed by atoms with Gasteiger partial charge in [-0.15, -0.1) is 0 Å². The highest BCUT2D eigenvalue weighted by molar-refractivity contribution is 5.97. The first-order chi connectivity index (χ1) is 8.65. The van der Waals surface area contributed by atoms with Gasteiger partial charge in [0, 0.05) is 6.07 Å². The maximum atomic E-state index is 11.9. The number of carbonyl (C=O) groups is 1. The van der Waals surface area contributed by atoms with Gasteiger partial charge in [0.2, 0.25) is 0 Å². The van der Waals surface area contributed by atoms with Crippen molar-refractivity contribution in [3.05, 3.63) is 23.8 Å². The van der Waals surface area contributed by atoms with Crippen LogP contribution in [0.2, 0.25) is 0 Å². The van der Waals surface area contributed by atoms with Crippen molar-refractivity contribution in [3.63, 3.8) is 0 Å². The van der Waals surface area contributed by atoms with Crippen LogP contribution in [0.15, 0.2) is 18.2 Å². The van der Waals surface area contributed by atoms with Crippen LogP contribution in [0.25, 0.3) is 0 Å². The summed E-state index contributed by atoms with van der Waals surface area (Å²) in [7, 11) is 2.96. The maximum absolute atomic E-state index is 11.9. The smallest absolute Gasteiger partial charge is 0.255 e. The number of rotatable bonds is 6. The lowest BCUT2D eigenvalue weighted by Gasteiger charge is -2.15. The molecule has 6 heteroatoms. The van der Waals surface area contributed by atoms with Crippen LogP contribution in [0.1, 0.15) is 10.4 Å². The van der Waals surface area contributed by atoms with E-state index in [0.717, 1.165) is 0 Å². The monoisotopic (exact) mass is 255 g/mol. The van der Waals surface area contributed by atoms with Crippen LogP contribution in [-0.4, -0.2) is 49.6 Å². The van der Waals surface area contributed by atoms with E-state index in [2.05, 4.69) is 5.32 Å². The summed E-state index contributed by atoms with van der Waals surface area (Å²) in [5.74, 6) is 0.508. The molecule has 6 nitrogen and oxygen atoms in total. The molecule has 0 atom stereocenters. The number of hydrogen-bond donors (Lipinski definition) is 3. The SMILES string of the molecule is COc1ccc(C(=O)NC(CO)CO)c(OC)c1. The zero-order valence-electron chi connectivity index (χ0n) is 10.3. The molecule has 18 heavy (non-hydrogen) atoms. The molecule has 0 bridgehead atoms. The van der Waals surface area contributed by atoms with Crippen LogP contribution in [0.4, 0.5) is 0 Å². The van der Waals surface area contributed by atoms with Crippen molar-refractivity contribution in [2.24, 2.45) is 0 Å². The van der Waals surface area contributed by atoms with Gasteiger partial charge in [0.1, 0.15) is 11.5 Å². The van der Waals surface area contributed by atoms with E-state index in [1.165, 1.54) is 14.2 Å². The van der Waals surface area contributed by atoms with Crippen LogP contribution in [0.3, 0.4) is 0 Å². The molecule has 1 amide bonds. The Balaban J connectivity index is 2.91. The molecule has 0 saturated carbocycles. The largest absolute Gasteiger partial charge is 0.497 e. The summed E-state index contributed by atoms with van der Waals surface area (Å²) in [6, 6.07) is 4.08. The van der Waals surface area contributed by atoms with Gasteiger partial charge < -0.3 is 25.0 Å². The molecule has 0 fully saturated rings. The first-order valence-electron chi connectivity index (χ1n) is 5.40. The van der Waals surface area contributed by atoms with Crippen molar-refractivity contribution in [1.82, 2.24) is 5.32 Å². The van der Waals surface area contributed by atoms with E-state index in [-0.39, 0.29) is 13.2 Å². The van der Waals surface area contributed by atoms with Gasteiger partial charge in [-0.2, -0.15) is 0 Å². The Hall–Kier alpha value is -1.79. The summed E-state index contributed by atoms with van der Waals surface area (Å²) >= 11 is 0. The first-order valence-corrected chi connectivity index (χ1v) is 5.40. The van der Waals surface area contributed by atoms with Gasteiger partial charge in [0.25, 0.3) is 5.91 Å². The predicted molar refractivity (Wildman–Crippen MR) is 65.0 cm³/mol. The number of methoxy groups -OCH3 is 2. The lowest BCUT2D eigenvalue weighted by atomic mass is 10.1. The number of amides is 1. The van der Waals surface area contributed by atoms with E-state index >= 15 is 0 Å². The molecule has 1 aromatic rings. The second kappa shape index (κ2) is 6.83. The quantitative estimate of drug-likeness (QED) is 0.654. The minimum atomic E-state index is -0.690. The Labute approximate surface area is 105 Å². The summed E-state index contributed by atoms with van der Waals surface area (Å²) in [5, 5.41) is 20.3. The second-order valence-electron chi connectivity index (χ2n) is 3.60. The lowest BCUT2D eigenvalue weighted by molar-refractivity contribution is 0.0876. The Morgan fingerprint density at radius 2 is 1.94 bits per heavy atom. The minimum absolute atomic E-state index is 0.310. The third-order valence-corrected chi connectivity index (χ3v) is 2.43. The topological polar surface area (TPSA) is 88.0 Å². The molecule has 3 N–H and O–H groups in total. The fourth-order valence-electron chi connectivity index (χ4n) is 1.40. The van der Waals surface area contributed by atoms with Crippen molar-refractivity contribution in [1.29, 1.82) is 0 Å². The third-order valence-electron chi connectivity index (χ3n) is 2.43. The Kier molecular flexibility index (Phi) is 5.41. The lowest BCUT2D eigenvalue weighted by Crippen LogP contribution is -2.40. The maximum Gasteiger partial charge on any atom is 0.255 e. The standard InChI is InChI=1S/C12H17NO5/c1-17-9-3-4-10(11(5-9)18-2)12(16)13-8(6-14)7-15/h3-5,8,14-15H,6-7H2,1-2H3,(H,13,16). The summed E-state index contributed by atoms with van der Waals surface area (Å²) in [5.41, 5.74) is 0.310. The zero-order chi connectivity index (χ0) is 13.5. The highest BCUT2D eigenvalue weighted by Crippen LogP contribution is 2.24. The number of carbonyl (C=O) groups excluding carboxylic acids is 1. The van der Waals surface area contributed by atoms with Crippen LogP contribution >= 0.6 is 0 Å². The second-order valence-corrected chi connectivity index (χ2v) is 3.60. The molecule has 0 unspecified atom stereocenters. The van der Waals surface area contributed by atoms with E-state index in [9.17, 15) is 4.79 Å². The number of benzene rings is 1. The van der Waals surface area contributed by atoms with E-state index in [1.807, 2.05) is 0 Å². The molecule has 0 saturated heterocycles. The predicted octanol–water partition coefficient (Wildman–Crippen LogP) is -0.213. The molecule has 1 rings (SSSR count). The summed E-state index contributed by atoms with van der Waals surface area (Å²) in [6.07, 6.45) is 0. The van der Waals surface area contributed by atoms with Gasteiger partial charge in [-0.05, 0) is 12.1 Å². The summed E-state index contributed by atoms with van der Waals surface area (Å²) < 4.78 is 10.1. The zero-order valence-corrected chi connectivity index (χ0v) is 10.3. The third kappa shape index (κ3) is 3.35. The number of nitrogens with one attached hydrogen (secondary N) is 1. The van der Waals surface area contributed by atoms with Crippen LogP contribution in [0.5, 0.6) is 11.5 Å². The average Bonchev–Trinajstić information content (AvgIpc) is 2.43. The number of aliphatic hydroxyl groups excluding tert-OH is 2. The molecule has 0 aliphatic carbocycles. The van der Waals surface area contributed by atoms with E-state index < -0.39 is 11.9 Å². The highest BCUT2D eigenvalue weighted by Gasteiger charge is 2.16. The van der Waals surface area contributed by atoms with E-state index in [4.69, 9.17) is 19.7 Å². The molecule has 0 aromatic heterocycles. The van der Waals surface area contributed by atoms with Crippen molar-refractivity contribution in [2.75, 3.05) is 27.4 Å². The molecular formula is C12H17NO5. The van der Waals surface area contributed by atoms with Gasteiger partial charge in [-0.3, -0.25) is 4.79 Å². The highest BCUT2D eigenvalue weighted by atomic mass is 16.5. The van der Waals surface area contributed by atoms with Crippen molar-refractivity contribution >= 4 is 5.91 Å². The average molecular weight is 255 g/mol. The Morgan fingerprint density at radius 1 is 1.28 bits per heavy atom. The minimum Gasteiger partial charge on any atom is -0.497 e. The number of aliphatic hydroxyl groups is 2. The molecule has 100 valence electrons. The van der Waals surface area contributed by atoms with Gasteiger partial charge in [-0.25, -0.2) is 0 Å². The van der Waals surface area contributed by atoms with Crippen molar-refractivity contribution in [2.45, 2.75) is 6.04 Å². The normalized spacial score (nSPS) is 10.3. The van der Waals surface area contributed by atoms with Gasteiger partial charge >= 0.3 is 0 Å². The van der Waals surface area contributed by atoms with Crippen LogP contribution < -0.4 is 14.8 Å². The van der Waals surface area contributed by atoms with Crippen LogP contribution in [-0.2, 0) is 0 Å². The summed E-state index contributed by atoms with van der Waals surface area (Å²) in [6.45, 7) is -0.665. The summed E-state index contributed by atoms with van der Waals surface area (Å²) in [4.78, 5) is 11.9. The van der Waals surface area contributed by atoms with Gasteiger partial charge in [0.05, 0.1) is 39.0 Å². The number of hydrogen-bond acceptors (Lipinski definition) is 5. The molecular weight excluding hydrogens is 238 g/mol. The van der Waals surface area contributed by atoms with Crippen molar-refractivity contribution < 1.29 is 24.5 Å². The first kappa shape index (κ1) is 14.3. The fourth-order valence-corrected chi connectivity index (χ4v) is 1.40. The number of ether oxygens (including phenoxy) is 2. The molecule has 0 heterocycles. The van der Waals surface area contributed by atoms with E-state index in [1.54, 1.807) is 18.2 Å². The molecule has 0 radical (unpaired) electrons. The van der Waals surface area contributed by atoms with Crippen molar-refractivity contribution in [3.8, 4) is 11.5 Å². The molecule has 1 aromatic carbocycles. The Bertz CT molecular complexity index is 403. The fraction of sp³-hybridized carbons (Fsp3) is 0.417. The molecule has 0 spiro atoms. The molecule has 0 aliphatic heterocycles. The molecule has 0 aliphatic rings. The van der Waals surface area contributed by atoms with E-state index in [0.29, 0.717) is 17.1 Å². The van der Waals surface area contributed by atoms with Gasteiger partial charge in [0.15, 0.2) is 0 Å². The van der Waals surface area contributed by atoms with Gasteiger partial charge in [-0.1, -0.05) is 0 Å². The van der Waals surface area contributed by atoms with Crippen LogP contribution in [0, 0.1) is 0 Å². The Morgan fingerprint density at radius 3 is 2.44 bits per heavy atom.